The fraction of sp³-hybridized carbons (Fsp3) is 0.765. The first kappa shape index (κ1) is 21.3. The summed E-state index contributed by atoms with van der Waals surface area (Å²) >= 11 is 0. The first-order chi connectivity index (χ1) is 9.37. The van der Waals surface area contributed by atoms with Gasteiger partial charge in [0.15, 0.2) is 0 Å². The molecule has 114 valence electrons. The van der Waals surface area contributed by atoms with Gasteiger partial charge in [-0.1, -0.05) is 0 Å². The van der Waals surface area contributed by atoms with Crippen LogP contribution in [0.2, 0.25) is 0 Å². The molecule has 1 unspecified atom stereocenters. The number of hydrogen-bond donors (Lipinski definition) is 0. The largest absolute Gasteiger partial charge is 0.198 e. The molecule has 0 aromatic rings. The Morgan fingerprint density at radius 3 is 1.19 bits per heavy atom. The Bertz CT molecular complexity index is 461. The van der Waals surface area contributed by atoms with Gasteiger partial charge in [0.2, 0.25) is 0 Å². The third-order valence-corrected chi connectivity index (χ3v) is 3.54. The second kappa shape index (κ2) is 8.29. The first-order valence-corrected chi connectivity index (χ1v) is 7.01. The summed E-state index contributed by atoms with van der Waals surface area (Å²) < 4.78 is 0. The van der Waals surface area contributed by atoms with Gasteiger partial charge in [0.05, 0.1) is 46.4 Å². The van der Waals surface area contributed by atoms with Crippen LogP contribution in [0, 0.1) is 67.5 Å². The summed E-state index contributed by atoms with van der Waals surface area (Å²) in [6.07, 6.45) is 1.56. The molecule has 0 aromatic heterocycles. The predicted molar refractivity (Wildman–Crippen MR) is 82.2 cm³/mol. The van der Waals surface area contributed by atoms with Crippen LogP contribution in [0.3, 0.4) is 0 Å². The van der Waals surface area contributed by atoms with Crippen LogP contribution in [0.25, 0.3) is 0 Å². The van der Waals surface area contributed by atoms with Crippen molar-refractivity contribution < 1.29 is 0 Å². The Kier molecular flexibility index (Phi) is 8.40. The van der Waals surface area contributed by atoms with E-state index < -0.39 is 5.41 Å². The molecule has 0 rings (SSSR count). The molecule has 21 heavy (non-hydrogen) atoms. The van der Waals surface area contributed by atoms with E-state index in [0.717, 1.165) is 12.8 Å². The van der Waals surface area contributed by atoms with Crippen LogP contribution in [0.4, 0.5) is 0 Å². The van der Waals surface area contributed by atoms with E-state index in [2.05, 4.69) is 18.2 Å². The molecule has 0 aromatic carbocycles. The van der Waals surface area contributed by atoms with Gasteiger partial charge in [0.25, 0.3) is 0 Å². The van der Waals surface area contributed by atoms with Gasteiger partial charge in [-0.05, 0) is 61.3 Å². The van der Waals surface area contributed by atoms with E-state index in [4.69, 9.17) is 21.0 Å². The van der Waals surface area contributed by atoms with Gasteiger partial charge in [0.1, 0.15) is 0 Å². The van der Waals surface area contributed by atoms with Crippen molar-refractivity contribution in [2.45, 2.75) is 61.3 Å². The van der Waals surface area contributed by atoms with E-state index in [-0.39, 0.29) is 16.7 Å². The lowest BCUT2D eigenvalue weighted by Crippen LogP contribution is -2.17. The minimum absolute atomic E-state index is 0.192. The fourth-order valence-corrected chi connectivity index (χ4v) is 0.995. The molecule has 0 amide bonds. The Labute approximate surface area is 129 Å². The lowest BCUT2D eigenvalue weighted by molar-refractivity contribution is 0.344. The number of nitrogens with zero attached hydrogens (tertiary/aromatic N) is 4. The average molecular weight is 286 g/mol. The first-order valence-electron chi connectivity index (χ1n) is 7.01. The Morgan fingerprint density at radius 1 is 0.714 bits per heavy atom. The van der Waals surface area contributed by atoms with Crippen LogP contribution in [-0.2, 0) is 0 Å². The van der Waals surface area contributed by atoms with Gasteiger partial charge in [-0.25, -0.2) is 0 Å². The van der Waals surface area contributed by atoms with Crippen LogP contribution in [-0.4, -0.2) is 0 Å². The van der Waals surface area contributed by atoms with Crippen molar-refractivity contribution in [2.75, 3.05) is 0 Å². The van der Waals surface area contributed by atoms with E-state index in [1.54, 1.807) is 20.8 Å². The van der Waals surface area contributed by atoms with Gasteiger partial charge >= 0.3 is 0 Å². The molecule has 0 aliphatic heterocycles. The van der Waals surface area contributed by atoms with Gasteiger partial charge in [-0.15, -0.1) is 0 Å². The average Bonchev–Trinajstić information content (AvgIpc) is 2.45. The van der Waals surface area contributed by atoms with Crippen LogP contribution in [0.1, 0.15) is 61.3 Å². The molecule has 0 aliphatic carbocycles. The molecule has 0 N–H and O–H groups in total. The van der Waals surface area contributed by atoms with Gasteiger partial charge in [-0.3, -0.25) is 0 Å². The van der Waals surface area contributed by atoms with Crippen molar-refractivity contribution in [2.24, 2.45) is 22.2 Å². The summed E-state index contributed by atoms with van der Waals surface area (Å²) in [6.45, 7) is 12.9. The Hall–Kier alpha value is -2.04. The normalized spacial score (nSPS) is 12.5. The summed E-state index contributed by atoms with van der Waals surface area (Å²) in [5, 5.41) is 34.4. The highest BCUT2D eigenvalue weighted by Gasteiger charge is 2.25. The summed E-state index contributed by atoms with van der Waals surface area (Å²) in [6, 6.07) is 8.56. The Morgan fingerprint density at radius 2 is 1.05 bits per heavy atom. The van der Waals surface area contributed by atoms with Crippen molar-refractivity contribution in [1.29, 1.82) is 21.0 Å². The maximum atomic E-state index is 8.73. The summed E-state index contributed by atoms with van der Waals surface area (Å²) in [5.74, 6) is -0.192. The quantitative estimate of drug-likeness (QED) is 0.756. The molecule has 0 fully saturated rings. The standard InChI is InChI=1S/C10H16N2.C7H10N2/c1-9(2,7-11)5-6-10(3,4)8-12;1-6(4-8)7(2,3)5-9/h5-6H2,1-4H3;6H,1-3H3. The molecule has 0 saturated heterocycles. The molecular formula is C17H26N4. The maximum absolute atomic E-state index is 8.73. The molecule has 1 atom stereocenters. The Balaban J connectivity index is 0. The van der Waals surface area contributed by atoms with Crippen LogP contribution >= 0.6 is 0 Å². The maximum Gasteiger partial charge on any atom is 0.0697 e. The minimum atomic E-state index is -0.505. The van der Waals surface area contributed by atoms with Crippen molar-refractivity contribution in [1.82, 2.24) is 0 Å². The molecule has 0 aliphatic rings. The predicted octanol–water partition coefficient (Wildman–Crippen LogP) is 4.56. The zero-order valence-electron chi connectivity index (χ0n) is 14.3. The van der Waals surface area contributed by atoms with Crippen molar-refractivity contribution in [3.8, 4) is 24.3 Å². The van der Waals surface area contributed by atoms with Gasteiger partial charge in [0, 0.05) is 0 Å². The minimum Gasteiger partial charge on any atom is -0.198 e. The molecule has 0 bridgehead atoms. The van der Waals surface area contributed by atoms with E-state index in [0.29, 0.717) is 0 Å². The second-order valence-corrected chi connectivity index (χ2v) is 7.18. The van der Waals surface area contributed by atoms with Crippen LogP contribution < -0.4 is 0 Å². The molecule has 4 nitrogen and oxygen atoms in total. The fourth-order valence-electron chi connectivity index (χ4n) is 0.995. The molecule has 0 heterocycles. The monoisotopic (exact) mass is 286 g/mol. The SMILES string of the molecule is CC(C#N)C(C)(C)C#N.CC(C)(C#N)CCC(C)(C)C#N. The van der Waals surface area contributed by atoms with Crippen LogP contribution in [0.15, 0.2) is 0 Å². The molecule has 0 radical (unpaired) electrons. The second-order valence-electron chi connectivity index (χ2n) is 7.18. The molecular weight excluding hydrogens is 260 g/mol. The molecule has 0 spiro atoms. The van der Waals surface area contributed by atoms with E-state index in [9.17, 15) is 0 Å². The third kappa shape index (κ3) is 9.49. The zero-order chi connectivity index (χ0) is 17.3. The molecule has 4 heteroatoms. The highest BCUT2D eigenvalue weighted by Crippen LogP contribution is 2.29. The lowest BCUT2D eigenvalue weighted by Gasteiger charge is -2.20. The lowest BCUT2D eigenvalue weighted by atomic mass is 9.81. The van der Waals surface area contributed by atoms with Crippen LogP contribution in [0.5, 0.6) is 0 Å². The zero-order valence-corrected chi connectivity index (χ0v) is 14.3. The number of rotatable bonds is 4. The summed E-state index contributed by atoms with van der Waals surface area (Å²) in [7, 11) is 0. The highest BCUT2D eigenvalue weighted by atomic mass is 14.4. The number of hydrogen-bond acceptors (Lipinski definition) is 4. The smallest absolute Gasteiger partial charge is 0.0697 e. The van der Waals surface area contributed by atoms with Crippen molar-refractivity contribution in [3.63, 3.8) is 0 Å². The van der Waals surface area contributed by atoms with E-state index in [1.165, 1.54) is 0 Å². The van der Waals surface area contributed by atoms with Gasteiger partial charge < -0.3 is 0 Å². The summed E-state index contributed by atoms with van der Waals surface area (Å²) in [4.78, 5) is 0. The summed E-state index contributed by atoms with van der Waals surface area (Å²) in [5.41, 5.74) is -1.10. The van der Waals surface area contributed by atoms with Crippen molar-refractivity contribution >= 4 is 0 Å². The topological polar surface area (TPSA) is 95.2 Å². The van der Waals surface area contributed by atoms with Crippen molar-refractivity contribution in [3.05, 3.63) is 0 Å². The van der Waals surface area contributed by atoms with E-state index in [1.807, 2.05) is 33.8 Å². The number of nitriles is 4. The highest BCUT2D eigenvalue weighted by molar-refractivity contribution is 5.02. The third-order valence-electron chi connectivity index (χ3n) is 3.54. The van der Waals surface area contributed by atoms with E-state index >= 15 is 0 Å². The molecule has 0 saturated carbocycles. The van der Waals surface area contributed by atoms with Gasteiger partial charge in [-0.2, -0.15) is 21.0 Å².